The lowest BCUT2D eigenvalue weighted by Gasteiger charge is -2.52. The lowest BCUT2D eigenvalue weighted by Crippen LogP contribution is -2.75. The molecule has 56 heavy (non-hydrogen) atoms. The predicted molar refractivity (Wildman–Crippen MR) is 206 cm³/mol. The third-order valence-corrected chi connectivity index (χ3v) is 7.40. The second-order valence-electron chi connectivity index (χ2n) is 13.0. The number of carbonyl (C=O) groups excluding carboxylic acids is 3. The number of nitrogens with zero attached hydrogens (tertiary/aromatic N) is 3. The van der Waals surface area contributed by atoms with Crippen LogP contribution in [0.25, 0.3) is 10.4 Å². The molecule has 0 rings (SSSR count). The highest BCUT2D eigenvalue weighted by atomic mass is 17.0. The minimum atomic E-state index is -2.51. The number of amides is 3. The minimum absolute atomic E-state index is 0.0110. The van der Waals surface area contributed by atoms with Gasteiger partial charge in [-0.2, -0.15) is 0 Å². The molecule has 0 aromatic carbocycles. The van der Waals surface area contributed by atoms with E-state index in [0.29, 0.717) is 45.2 Å². The van der Waals surface area contributed by atoms with Crippen molar-refractivity contribution in [3.05, 3.63) is 10.4 Å². The summed E-state index contributed by atoms with van der Waals surface area (Å²) in [6.45, 7) is 19.4. The van der Waals surface area contributed by atoms with Gasteiger partial charge in [-0.3, -0.25) is 19.6 Å². The van der Waals surface area contributed by atoms with Crippen LogP contribution in [0.3, 0.4) is 0 Å². The van der Waals surface area contributed by atoms with Crippen LogP contribution in [0.2, 0.25) is 0 Å². The second kappa shape index (κ2) is 28.5. The van der Waals surface area contributed by atoms with Crippen molar-refractivity contribution in [2.45, 2.75) is 157 Å². The second-order valence-corrected chi connectivity index (χ2v) is 13.0. The molecule has 0 heterocycles. The topological polar surface area (TPSA) is 228 Å². The summed E-state index contributed by atoms with van der Waals surface area (Å²) in [5, 5.41) is 12.3. The Labute approximate surface area is 333 Å². The Morgan fingerprint density at radius 2 is 0.982 bits per heavy atom. The van der Waals surface area contributed by atoms with Gasteiger partial charge < -0.3 is 53.3 Å². The lowest BCUT2D eigenvalue weighted by atomic mass is 10.1. The summed E-state index contributed by atoms with van der Waals surface area (Å²) in [5.41, 5.74) is 9.15. The van der Waals surface area contributed by atoms with Gasteiger partial charge in [-0.25, -0.2) is 4.79 Å². The molecule has 3 amide bonds. The largest absolute Gasteiger partial charge is 0.444 e. The van der Waals surface area contributed by atoms with Crippen molar-refractivity contribution in [3.63, 3.8) is 0 Å². The van der Waals surface area contributed by atoms with Gasteiger partial charge in [0.15, 0.2) is 0 Å². The van der Waals surface area contributed by atoms with E-state index in [-0.39, 0.29) is 65.2 Å². The van der Waals surface area contributed by atoms with Crippen molar-refractivity contribution in [2.24, 2.45) is 5.11 Å². The lowest BCUT2D eigenvalue weighted by molar-refractivity contribution is -0.600. The van der Waals surface area contributed by atoms with Crippen LogP contribution in [0.4, 0.5) is 4.79 Å². The average Bonchev–Trinajstić information content (AvgIpc) is 3.11. The quantitative estimate of drug-likeness (QED) is 0.0220. The molecule has 0 aliphatic heterocycles. The third-order valence-electron chi connectivity index (χ3n) is 7.40. The first kappa shape index (κ1) is 53.2. The van der Waals surface area contributed by atoms with Crippen LogP contribution >= 0.6 is 0 Å². The first-order valence-corrected chi connectivity index (χ1v) is 20.1. The zero-order valence-corrected chi connectivity index (χ0v) is 35.9. The molecule has 0 saturated heterocycles. The fourth-order valence-corrected chi connectivity index (χ4v) is 5.45. The molecule has 328 valence electrons. The average molecular weight is 809 g/mol. The number of unbranched alkanes of at least 4 members (excludes halogenated alkanes) is 4. The van der Waals surface area contributed by atoms with Crippen LogP contribution < -0.4 is 16.0 Å². The van der Waals surface area contributed by atoms with Gasteiger partial charge in [0, 0.05) is 83.7 Å². The fourth-order valence-electron chi connectivity index (χ4n) is 5.45. The van der Waals surface area contributed by atoms with Crippen molar-refractivity contribution in [2.75, 3.05) is 65.9 Å². The van der Waals surface area contributed by atoms with Gasteiger partial charge in [-0.05, 0) is 112 Å². The molecule has 0 atom stereocenters. The van der Waals surface area contributed by atoms with Gasteiger partial charge in [0.25, 0.3) is 0 Å². The summed E-state index contributed by atoms with van der Waals surface area (Å²) in [4.78, 5) is 40.7. The van der Waals surface area contributed by atoms with E-state index in [4.69, 9.17) is 47.4 Å². The van der Waals surface area contributed by atoms with Crippen LogP contribution in [0.15, 0.2) is 5.11 Å². The number of nitrogens with one attached hydrogen (secondary N) is 3. The van der Waals surface area contributed by atoms with E-state index in [9.17, 15) is 19.9 Å². The monoisotopic (exact) mass is 809 g/mol. The van der Waals surface area contributed by atoms with Crippen molar-refractivity contribution in [1.29, 1.82) is 0 Å². The van der Waals surface area contributed by atoms with E-state index in [1.54, 1.807) is 76.2 Å². The van der Waals surface area contributed by atoms with Gasteiger partial charge in [-0.15, -0.1) is 0 Å². The van der Waals surface area contributed by atoms with Gasteiger partial charge in [0.05, 0.1) is 0 Å². The molecule has 3 N–H and O–H groups in total. The molecular formula is C37H72N6O13. The highest BCUT2D eigenvalue weighted by Crippen LogP contribution is 2.44. The summed E-state index contributed by atoms with van der Waals surface area (Å²) >= 11 is 0. The molecule has 0 saturated carbocycles. The smallest absolute Gasteiger partial charge is 0.407 e. The molecule has 19 heteroatoms. The van der Waals surface area contributed by atoms with Crippen molar-refractivity contribution >= 4 is 17.9 Å². The van der Waals surface area contributed by atoms with E-state index in [1.165, 1.54) is 0 Å². The Morgan fingerprint density at radius 3 is 1.41 bits per heavy atom. The van der Waals surface area contributed by atoms with E-state index < -0.39 is 41.4 Å². The summed E-state index contributed by atoms with van der Waals surface area (Å²) in [5.74, 6) is -10.2. The molecule has 0 fully saturated rings. The summed E-state index contributed by atoms with van der Waals surface area (Å²) in [7, 11) is 0. The maximum Gasteiger partial charge on any atom is 0.407 e. The standard InChI is InChI=1S/C37H72N6O13/c1-12-47-34(48-13-2,41-31(45)27-23-21-24-28-39-30(44)26-22-20-25-29-40-32(46)55-33(9,10)11)36(51-16-5,52-17-6)56-37(53-18-7,54-19-8)35(42-43-38,49-14-3)50-15-4/h12-29H2,1-11H3,(H,39,44)(H,40,46)(H,41,45). The number of ether oxygens (including phenoxy) is 10. The number of carbonyl (C=O) groups is 3. The molecule has 0 aromatic rings. The highest BCUT2D eigenvalue weighted by molar-refractivity contribution is 5.76. The Hall–Kier alpha value is -2.84. The highest BCUT2D eigenvalue weighted by Gasteiger charge is 2.70. The molecule has 0 radical (unpaired) electrons. The number of hydrogen-bond donors (Lipinski definition) is 3. The van der Waals surface area contributed by atoms with Crippen molar-refractivity contribution in [1.82, 2.24) is 16.0 Å². The van der Waals surface area contributed by atoms with E-state index in [1.807, 2.05) is 0 Å². The van der Waals surface area contributed by atoms with Crippen LogP contribution in [-0.2, 0) is 57.0 Å². The maximum atomic E-state index is 13.7. The molecular weight excluding hydrogens is 736 g/mol. The maximum absolute atomic E-state index is 13.7. The van der Waals surface area contributed by atoms with Crippen molar-refractivity contribution < 1.29 is 61.8 Å². The Bertz CT molecular complexity index is 1130. The van der Waals surface area contributed by atoms with Gasteiger partial charge >= 0.3 is 29.9 Å². The molecule has 0 bridgehead atoms. The van der Waals surface area contributed by atoms with E-state index in [2.05, 4.69) is 26.0 Å². The number of alkyl carbamates (subject to hydrolysis) is 1. The molecule has 0 aliphatic rings. The van der Waals surface area contributed by atoms with Crippen LogP contribution in [0.5, 0.6) is 0 Å². The van der Waals surface area contributed by atoms with E-state index >= 15 is 0 Å². The zero-order valence-electron chi connectivity index (χ0n) is 35.9. The summed E-state index contributed by atoms with van der Waals surface area (Å²) < 4.78 is 60.5. The fraction of sp³-hybridized carbons (Fsp3) is 0.919. The van der Waals surface area contributed by atoms with Crippen molar-refractivity contribution in [3.8, 4) is 0 Å². The van der Waals surface area contributed by atoms with Gasteiger partial charge in [0.1, 0.15) is 5.60 Å². The molecule has 19 nitrogen and oxygen atoms in total. The minimum Gasteiger partial charge on any atom is -0.444 e. The SMILES string of the molecule is CCOC(N=[N+]=[N-])(OCC)C(OCC)(OCC)OC(OCC)(OCC)C(NC(=O)CCCCCNC(=O)CCCCCNC(=O)OC(C)(C)C)(OCC)OCC. The zero-order chi connectivity index (χ0) is 42.6. The number of azide groups is 1. The first-order chi connectivity index (χ1) is 26.6. The number of hydrogen-bond acceptors (Lipinski definition) is 14. The summed E-state index contributed by atoms with van der Waals surface area (Å²) in [6, 6.07) is 0. The van der Waals surface area contributed by atoms with Gasteiger partial charge in [-0.1, -0.05) is 12.8 Å². The molecule has 0 aromatic heterocycles. The normalized spacial score (nSPS) is 12.6. The molecule has 0 spiro atoms. The summed E-state index contributed by atoms with van der Waals surface area (Å²) in [6.07, 6.45) is 3.93. The van der Waals surface area contributed by atoms with Crippen LogP contribution in [0, 0.1) is 0 Å². The first-order valence-electron chi connectivity index (χ1n) is 20.1. The molecule has 0 aliphatic carbocycles. The van der Waals surface area contributed by atoms with Gasteiger partial charge in [0.2, 0.25) is 11.8 Å². The Morgan fingerprint density at radius 1 is 0.554 bits per heavy atom. The predicted octanol–water partition coefficient (Wildman–Crippen LogP) is 6.10. The Kier molecular flexibility index (Phi) is 27.1. The Balaban J connectivity index is 5.93. The number of rotatable bonds is 34. The van der Waals surface area contributed by atoms with E-state index in [0.717, 1.165) is 12.8 Å². The third kappa shape index (κ3) is 17.7. The molecule has 0 unspecified atom stereocenters. The van der Waals surface area contributed by atoms with Crippen LogP contribution in [-0.4, -0.2) is 113 Å². The van der Waals surface area contributed by atoms with Crippen LogP contribution in [0.1, 0.15) is 128 Å².